The topological polar surface area (TPSA) is 26.0 Å². The molecule has 0 radical (unpaired) electrons. The van der Waals surface area contributed by atoms with Gasteiger partial charge < -0.3 is 5.73 Å². The Labute approximate surface area is 98.8 Å². The molecule has 0 heterocycles. The predicted molar refractivity (Wildman–Crippen MR) is 65.5 cm³/mol. The van der Waals surface area contributed by atoms with Crippen LogP contribution in [0.15, 0.2) is 22.7 Å². The van der Waals surface area contributed by atoms with Crippen LogP contribution in [-0.4, -0.2) is 0 Å². The van der Waals surface area contributed by atoms with Crippen molar-refractivity contribution >= 4 is 27.5 Å². The first-order valence-electron chi connectivity index (χ1n) is 4.71. The fourth-order valence-corrected chi connectivity index (χ4v) is 2.25. The molecule has 2 N–H and O–H groups in total. The largest absolute Gasteiger partial charge is 0.324 e. The molecule has 0 saturated carbocycles. The van der Waals surface area contributed by atoms with Crippen molar-refractivity contribution in [1.29, 1.82) is 0 Å². The van der Waals surface area contributed by atoms with E-state index in [0.29, 0.717) is 5.92 Å². The van der Waals surface area contributed by atoms with Crippen molar-refractivity contribution in [2.75, 3.05) is 0 Å². The summed E-state index contributed by atoms with van der Waals surface area (Å²) in [5, 5.41) is 0.743. The Bertz CT molecular complexity index is 312. The predicted octanol–water partition coefficient (Wildman–Crippen LogP) is 4.15. The van der Waals surface area contributed by atoms with Gasteiger partial charge in [-0.05, 0) is 30.0 Å². The molecule has 1 rings (SSSR count). The minimum absolute atomic E-state index is 0.0376. The zero-order valence-electron chi connectivity index (χ0n) is 8.43. The van der Waals surface area contributed by atoms with E-state index in [4.69, 9.17) is 17.3 Å². The van der Waals surface area contributed by atoms with E-state index in [1.54, 1.807) is 0 Å². The molecule has 0 fully saturated rings. The molecule has 0 aromatic heterocycles. The van der Waals surface area contributed by atoms with Gasteiger partial charge >= 0.3 is 0 Å². The van der Waals surface area contributed by atoms with Crippen LogP contribution >= 0.6 is 27.5 Å². The Kier molecular flexibility index (Phi) is 4.42. The first kappa shape index (κ1) is 12.0. The lowest BCUT2D eigenvalue weighted by Crippen LogP contribution is -2.13. The van der Waals surface area contributed by atoms with E-state index in [2.05, 4.69) is 29.8 Å². The fraction of sp³-hybridized carbons (Fsp3) is 0.455. The molecule has 1 nitrogen and oxygen atoms in total. The van der Waals surface area contributed by atoms with Crippen LogP contribution in [0.1, 0.15) is 31.9 Å². The highest BCUT2D eigenvalue weighted by Crippen LogP contribution is 2.28. The molecule has 78 valence electrons. The van der Waals surface area contributed by atoms with Gasteiger partial charge in [-0.15, -0.1) is 0 Å². The van der Waals surface area contributed by atoms with Crippen LogP contribution in [-0.2, 0) is 0 Å². The van der Waals surface area contributed by atoms with E-state index < -0.39 is 0 Å². The van der Waals surface area contributed by atoms with Gasteiger partial charge in [0.25, 0.3) is 0 Å². The number of hydrogen-bond donors (Lipinski definition) is 1. The Hall–Kier alpha value is -0.0500. The number of rotatable bonds is 3. The van der Waals surface area contributed by atoms with Crippen LogP contribution in [0.4, 0.5) is 0 Å². The van der Waals surface area contributed by atoms with E-state index in [1.807, 2.05) is 18.2 Å². The first-order valence-corrected chi connectivity index (χ1v) is 5.88. The highest BCUT2D eigenvalue weighted by molar-refractivity contribution is 9.10. The van der Waals surface area contributed by atoms with Crippen molar-refractivity contribution in [3.05, 3.63) is 33.3 Å². The summed E-state index contributed by atoms with van der Waals surface area (Å²) in [6, 6.07) is 5.88. The van der Waals surface area contributed by atoms with Gasteiger partial charge in [0, 0.05) is 15.5 Å². The third-order valence-corrected chi connectivity index (χ3v) is 2.91. The second kappa shape index (κ2) is 5.15. The Morgan fingerprint density at radius 1 is 1.43 bits per heavy atom. The quantitative estimate of drug-likeness (QED) is 0.882. The third kappa shape index (κ3) is 3.26. The molecule has 0 spiro atoms. The van der Waals surface area contributed by atoms with Gasteiger partial charge in [0.2, 0.25) is 0 Å². The van der Waals surface area contributed by atoms with Gasteiger partial charge in [-0.25, -0.2) is 0 Å². The molecule has 0 amide bonds. The van der Waals surface area contributed by atoms with Crippen molar-refractivity contribution < 1.29 is 0 Å². The normalized spacial score (nSPS) is 13.3. The van der Waals surface area contributed by atoms with Crippen LogP contribution in [0, 0.1) is 5.92 Å². The van der Waals surface area contributed by atoms with E-state index in [1.165, 1.54) is 0 Å². The molecule has 1 aromatic rings. The third-order valence-electron chi connectivity index (χ3n) is 2.09. The lowest BCUT2D eigenvalue weighted by molar-refractivity contribution is 0.510. The summed E-state index contributed by atoms with van der Waals surface area (Å²) in [5.41, 5.74) is 7.08. The lowest BCUT2D eigenvalue weighted by atomic mass is 9.98. The van der Waals surface area contributed by atoms with Crippen molar-refractivity contribution in [3.63, 3.8) is 0 Å². The van der Waals surface area contributed by atoms with E-state index in [9.17, 15) is 0 Å². The molecule has 0 aliphatic heterocycles. The standard InChI is InChI=1S/C11H15BrClN/c1-7(2)5-11(14)9-4-3-8(12)6-10(9)13/h3-4,6-7,11H,5,14H2,1-2H3. The highest BCUT2D eigenvalue weighted by atomic mass is 79.9. The molecule has 14 heavy (non-hydrogen) atoms. The van der Waals surface area contributed by atoms with E-state index >= 15 is 0 Å². The Morgan fingerprint density at radius 2 is 2.07 bits per heavy atom. The number of benzene rings is 1. The Balaban J connectivity index is 2.84. The van der Waals surface area contributed by atoms with Gasteiger partial charge in [-0.3, -0.25) is 0 Å². The van der Waals surface area contributed by atoms with Gasteiger partial charge in [0.15, 0.2) is 0 Å². The zero-order chi connectivity index (χ0) is 10.7. The second-order valence-corrected chi connectivity index (χ2v) is 5.22. The van der Waals surface area contributed by atoms with Crippen molar-refractivity contribution in [1.82, 2.24) is 0 Å². The summed E-state index contributed by atoms with van der Waals surface area (Å²) in [6.07, 6.45) is 0.960. The molecular formula is C11H15BrClN. The summed E-state index contributed by atoms with van der Waals surface area (Å²) < 4.78 is 0.989. The van der Waals surface area contributed by atoms with Gasteiger partial charge in [0.1, 0.15) is 0 Å². The molecule has 0 aliphatic rings. The number of halogens is 2. The SMILES string of the molecule is CC(C)CC(N)c1ccc(Br)cc1Cl. The van der Waals surface area contributed by atoms with Crippen LogP contribution in [0.5, 0.6) is 0 Å². The van der Waals surface area contributed by atoms with Crippen molar-refractivity contribution in [3.8, 4) is 0 Å². The maximum Gasteiger partial charge on any atom is 0.0464 e. The smallest absolute Gasteiger partial charge is 0.0464 e. The number of hydrogen-bond acceptors (Lipinski definition) is 1. The van der Waals surface area contributed by atoms with Crippen molar-refractivity contribution in [2.45, 2.75) is 26.3 Å². The van der Waals surface area contributed by atoms with E-state index in [-0.39, 0.29) is 6.04 Å². The summed E-state index contributed by atoms with van der Waals surface area (Å²) in [4.78, 5) is 0. The highest BCUT2D eigenvalue weighted by Gasteiger charge is 2.11. The van der Waals surface area contributed by atoms with Crippen molar-refractivity contribution in [2.24, 2.45) is 11.7 Å². The Morgan fingerprint density at radius 3 is 2.57 bits per heavy atom. The molecular weight excluding hydrogens is 261 g/mol. The van der Waals surface area contributed by atoms with Gasteiger partial charge in [0.05, 0.1) is 0 Å². The molecule has 0 saturated heterocycles. The van der Waals surface area contributed by atoms with Crippen LogP contribution in [0.2, 0.25) is 5.02 Å². The average molecular weight is 277 g/mol. The molecule has 1 aromatic carbocycles. The monoisotopic (exact) mass is 275 g/mol. The fourth-order valence-electron chi connectivity index (χ4n) is 1.44. The molecule has 1 atom stereocenters. The van der Waals surface area contributed by atoms with Gasteiger partial charge in [-0.2, -0.15) is 0 Å². The maximum absolute atomic E-state index is 6.10. The van der Waals surface area contributed by atoms with E-state index in [0.717, 1.165) is 21.5 Å². The summed E-state index contributed by atoms with van der Waals surface area (Å²) in [6.45, 7) is 4.32. The summed E-state index contributed by atoms with van der Waals surface area (Å²) in [5.74, 6) is 0.588. The summed E-state index contributed by atoms with van der Waals surface area (Å²) in [7, 11) is 0. The van der Waals surface area contributed by atoms with Crippen LogP contribution in [0.3, 0.4) is 0 Å². The average Bonchev–Trinajstić information content (AvgIpc) is 2.01. The number of nitrogens with two attached hydrogens (primary N) is 1. The lowest BCUT2D eigenvalue weighted by Gasteiger charge is -2.15. The molecule has 0 bridgehead atoms. The molecule has 3 heteroatoms. The minimum Gasteiger partial charge on any atom is -0.324 e. The minimum atomic E-state index is 0.0376. The zero-order valence-corrected chi connectivity index (χ0v) is 10.8. The molecule has 0 aliphatic carbocycles. The summed E-state index contributed by atoms with van der Waals surface area (Å²) >= 11 is 9.47. The van der Waals surface area contributed by atoms with Gasteiger partial charge in [-0.1, -0.05) is 47.4 Å². The second-order valence-electron chi connectivity index (χ2n) is 3.90. The first-order chi connectivity index (χ1) is 6.50. The molecule has 1 unspecified atom stereocenters. The van der Waals surface area contributed by atoms with Crippen LogP contribution < -0.4 is 5.73 Å². The maximum atomic E-state index is 6.10. The van der Waals surface area contributed by atoms with Crippen LogP contribution in [0.25, 0.3) is 0 Å².